The van der Waals surface area contributed by atoms with Gasteiger partial charge in [0.05, 0.1) is 12.0 Å². The van der Waals surface area contributed by atoms with Gasteiger partial charge >= 0.3 is 0 Å². The van der Waals surface area contributed by atoms with Crippen molar-refractivity contribution in [3.63, 3.8) is 0 Å². The monoisotopic (exact) mass is 298 g/mol. The average molecular weight is 298 g/mol. The molecular formula is C14H22N2O3S. The van der Waals surface area contributed by atoms with Crippen molar-refractivity contribution in [2.45, 2.75) is 30.7 Å². The van der Waals surface area contributed by atoms with Crippen LogP contribution in [-0.2, 0) is 10.0 Å². The van der Waals surface area contributed by atoms with Gasteiger partial charge in [0.15, 0.2) is 0 Å². The fourth-order valence-corrected chi connectivity index (χ4v) is 4.25. The fourth-order valence-electron chi connectivity index (χ4n) is 2.59. The van der Waals surface area contributed by atoms with Crippen LogP contribution in [0, 0.1) is 0 Å². The summed E-state index contributed by atoms with van der Waals surface area (Å²) in [5, 5.41) is 3.27. The van der Waals surface area contributed by atoms with Gasteiger partial charge in [-0.05, 0) is 43.7 Å². The second kappa shape index (κ2) is 6.56. The van der Waals surface area contributed by atoms with Gasteiger partial charge in [0.1, 0.15) is 5.75 Å². The smallest absolute Gasteiger partial charge is 0.243 e. The van der Waals surface area contributed by atoms with Crippen molar-refractivity contribution >= 4 is 10.0 Å². The minimum Gasteiger partial charge on any atom is -0.497 e. The molecule has 0 amide bonds. The number of likely N-dealkylation sites (N-methyl/N-ethyl adjacent to an activating group) is 1. The van der Waals surface area contributed by atoms with Crippen LogP contribution in [0.4, 0.5) is 0 Å². The summed E-state index contributed by atoms with van der Waals surface area (Å²) in [6.45, 7) is 4.07. The molecule has 1 N–H and O–H groups in total. The number of ether oxygens (including phenoxy) is 1. The van der Waals surface area contributed by atoms with E-state index in [1.165, 1.54) is 0 Å². The first-order valence-electron chi connectivity index (χ1n) is 6.96. The third-order valence-electron chi connectivity index (χ3n) is 3.66. The molecule has 0 aromatic heterocycles. The first-order chi connectivity index (χ1) is 9.59. The van der Waals surface area contributed by atoms with Gasteiger partial charge in [-0.25, -0.2) is 8.42 Å². The molecule has 0 radical (unpaired) electrons. The second-order valence-electron chi connectivity index (χ2n) is 4.88. The van der Waals surface area contributed by atoms with Crippen LogP contribution in [0.25, 0.3) is 0 Å². The highest BCUT2D eigenvalue weighted by molar-refractivity contribution is 7.89. The van der Waals surface area contributed by atoms with Crippen LogP contribution in [-0.4, -0.2) is 45.5 Å². The van der Waals surface area contributed by atoms with E-state index in [1.54, 1.807) is 35.7 Å². The quantitative estimate of drug-likeness (QED) is 0.894. The molecule has 1 aliphatic heterocycles. The number of nitrogens with zero attached hydrogens (tertiary/aromatic N) is 1. The van der Waals surface area contributed by atoms with Gasteiger partial charge in [0, 0.05) is 19.1 Å². The van der Waals surface area contributed by atoms with Gasteiger partial charge in [0.2, 0.25) is 10.0 Å². The third kappa shape index (κ3) is 3.13. The molecular weight excluding hydrogens is 276 g/mol. The molecule has 0 bridgehead atoms. The Hall–Kier alpha value is -1.11. The van der Waals surface area contributed by atoms with Crippen molar-refractivity contribution < 1.29 is 13.2 Å². The van der Waals surface area contributed by atoms with Crippen LogP contribution in [0.2, 0.25) is 0 Å². The number of rotatable bonds is 5. The largest absolute Gasteiger partial charge is 0.497 e. The van der Waals surface area contributed by atoms with E-state index in [0.717, 1.165) is 25.9 Å². The van der Waals surface area contributed by atoms with Crippen molar-refractivity contribution in [2.75, 3.05) is 26.7 Å². The molecule has 0 spiro atoms. The molecule has 0 aliphatic carbocycles. The molecule has 1 saturated heterocycles. The first-order valence-corrected chi connectivity index (χ1v) is 8.40. The summed E-state index contributed by atoms with van der Waals surface area (Å²) in [6.07, 6.45) is 1.93. The van der Waals surface area contributed by atoms with Gasteiger partial charge in [-0.3, -0.25) is 0 Å². The standard InChI is InChI=1S/C14H22N2O3S/c1-3-16(12-5-4-10-15-11-12)20(17,18)14-8-6-13(19-2)7-9-14/h6-9,12,15H,3-5,10-11H2,1-2H3. The van der Waals surface area contributed by atoms with Gasteiger partial charge in [0.25, 0.3) is 0 Å². The number of benzene rings is 1. The molecule has 5 nitrogen and oxygen atoms in total. The lowest BCUT2D eigenvalue weighted by Gasteiger charge is -2.33. The number of nitrogens with one attached hydrogen (secondary N) is 1. The Morgan fingerprint density at radius 3 is 2.55 bits per heavy atom. The lowest BCUT2D eigenvalue weighted by Crippen LogP contribution is -2.48. The molecule has 1 aromatic carbocycles. The van der Waals surface area contributed by atoms with E-state index in [0.29, 0.717) is 17.2 Å². The average Bonchev–Trinajstić information content (AvgIpc) is 2.49. The van der Waals surface area contributed by atoms with E-state index < -0.39 is 10.0 Å². The lowest BCUT2D eigenvalue weighted by molar-refractivity contribution is 0.274. The highest BCUT2D eigenvalue weighted by Gasteiger charge is 2.30. The van der Waals surface area contributed by atoms with Gasteiger partial charge in [-0.2, -0.15) is 4.31 Å². The van der Waals surface area contributed by atoms with Crippen LogP contribution in [0.15, 0.2) is 29.2 Å². The summed E-state index contributed by atoms with van der Waals surface area (Å²) in [7, 11) is -1.87. The maximum Gasteiger partial charge on any atom is 0.243 e. The van der Waals surface area contributed by atoms with E-state index in [4.69, 9.17) is 4.74 Å². The molecule has 1 atom stereocenters. The maximum absolute atomic E-state index is 12.7. The molecule has 1 fully saturated rings. The van der Waals surface area contributed by atoms with E-state index in [1.807, 2.05) is 6.92 Å². The minimum atomic E-state index is -3.44. The van der Waals surface area contributed by atoms with Crippen molar-refractivity contribution in [3.8, 4) is 5.75 Å². The number of piperidine rings is 1. The first kappa shape index (κ1) is 15.3. The fraction of sp³-hybridized carbons (Fsp3) is 0.571. The molecule has 1 aliphatic rings. The van der Waals surface area contributed by atoms with E-state index in [2.05, 4.69) is 5.32 Å². The van der Waals surface area contributed by atoms with E-state index in [-0.39, 0.29) is 6.04 Å². The lowest BCUT2D eigenvalue weighted by atomic mass is 10.1. The van der Waals surface area contributed by atoms with Crippen molar-refractivity contribution in [3.05, 3.63) is 24.3 Å². The Morgan fingerprint density at radius 1 is 1.35 bits per heavy atom. The van der Waals surface area contributed by atoms with Crippen LogP contribution in [0.3, 0.4) is 0 Å². The number of hydrogen-bond acceptors (Lipinski definition) is 4. The number of sulfonamides is 1. The SMILES string of the molecule is CCN(C1CCCNC1)S(=O)(=O)c1ccc(OC)cc1. The summed E-state index contributed by atoms with van der Waals surface area (Å²) in [5.74, 6) is 0.659. The zero-order valence-corrected chi connectivity index (χ0v) is 12.8. The zero-order valence-electron chi connectivity index (χ0n) is 12.0. The highest BCUT2D eigenvalue weighted by Crippen LogP contribution is 2.23. The molecule has 1 aromatic rings. The van der Waals surface area contributed by atoms with Gasteiger partial charge < -0.3 is 10.1 Å². The highest BCUT2D eigenvalue weighted by atomic mass is 32.2. The normalized spacial score (nSPS) is 20.1. The van der Waals surface area contributed by atoms with Crippen LogP contribution < -0.4 is 10.1 Å². The van der Waals surface area contributed by atoms with Gasteiger partial charge in [-0.15, -0.1) is 0 Å². The zero-order chi connectivity index (χ0) is 14.6. The summed E-state index contributed by atoms with van der Waals surface area (Å²) in [5.41, 5.74) is 0. The summed E-state index contributed by atoms with van der Waals surface area (Å²) in [4.78, 5) is 0.325. The van der Waals surface area contributed by atoms with Crippen LogP contribution in [0.1, 0.15) is 19.8 Å². The summed E-state index contributed by atoms with van der Waals surface area (Å²) in [6, 6.07) is 6.61. The number of methoxy groups -OCH3 is 1. The predicted octanol–water partition coefficient (Wildman–Crippen LogP) is 1.46. The van der Waals surface area contributed by atoms with Crippen molar-refractivity contribution in [1.29, 1.82) is 0 Å². The number of hydrogen-bond donors (Lipinski definition) is 1. The van der Waals surface area contributed by atoms with E-state index in [9.17, 15) is 8.42 Å². The Balaban J connectivity index is 2.25. The van der Waals surface area contributed by atoms with E-state index >= 15 is 0 Å². The molecule has 112 valence electrons. The molecule has 1 heterocycles. The molecule has 0 saturated carbocycles. The topological polar surface area (TPSA) is 58.6 Å². The van der Waals surface area contributed by atoms with Crippen molar-refractivity contribution in [2.24, 2.45) is 0 Å². The Bertz CT molecular complexity index is 522. The molecule has 20 heavy (non-hydrogen) atoms. The predicted molar refractivity (Wildman–Crippen MR) is 78.5 cm³/mol. The third-order valence-corrected chi connectivity index (χ3v) is 5.70. The van der Waals surface area contributed by atoms with Crippen molar-refractivity contribution in [1.82, 2.24) is 9.62 Å². The minimum absolute atomic E-state index is 0.0425. The van der Waals surface area contributed by atoms with Crippen LogP contribution >= 0.6 is 0 Å². The molecule has 2 rings (SSSR count). The second-order valence-corrected chi connectivity index (χ2v) is 6.77. The maximum atomic E-state index is 12.7. The van der Waals surface area contributed by atoms with Crippen LogP contribution in [0.5, 0.6) is 5.75 Å². The Kier molecular flexibility index (Phi) is 5.01. The Morgan fingerprint density at radius 2 is 2.05 bits per heavy atom. The summed E-state index contributed by atoms with van der Waals surface area (Å²) < 4.78 is 32.1. The molecule has 1 unspecified atom stereocenters. The van der Waals surface area contributed by atoms with Gasteiger partial charge in [-0.1, -0.05) is 6.92 Å². The molecule has 6 heteroatoms. The Labute approximate surface area is 121 Å². The summed E-state index contributed by atoms with van der Waals surface area (Å²) >= 11 is 0.